The van der Waals surface area contributed by atoms with Crippen LogP contribution in [-0.2, 0) is 4.79 Å². The highest BCUT2D eigenvalue weighted by atomic mass is 16.2. The lowest BCUT2D eigenvalue weighted by Gasteiger charge is -2.15. The Labute approximate surface area is 66.7 Å². The van der Waals surface area contributed by atoms with Crippen LogP contribution in [0.1, 0.15) is 0 Å². The van der Waals surface area contributed by atoms with E-state index in [1.54, 1.807) is 0 Å². The number of amides is 3. The van der Waals surface area contributed by atoms with Gasteiger partial charge in [-0.3, -0.25) is 15.8 Å². The summed E-state index contributed by atoms with van der Waals surface area (Å²) in [4.78, 5) is 28.8. The molecule has 0 unspecified atom stereocenters. The topological polar surface area (TPSA) is 109 Å². The highest BCUT2D eigenvalue weighted by Crippen LogP contribution is 2.00. The molecule has 2 aliphatic heterocycles. The molecule has 0 saturated heterocycles. The second kappa shape index (κ2) is 2.11. The summed E-state index contributed by atoms with van der Waals surface area (Å²) < 4.78 is 0. The molecule has 4 N–H and O–H groups in total. The number of carbonyl (C=O) groups is 2. The number of aliphatic imine (C=N–C) groups is 2. The average Bonchev–Trinajstić information content (AvgIpc) is 2.29. The number of carbonyl (C=O) groups excluding carboxylic acids is 2. The zero-order valence-corrected chi connectivity index (χ0v) is 5.87. The number of amidine groups is 1. The van der Waals surface area contributed by atoms with E-state index < -0.39 is 18.2 Å². The molecular formula is C5H5N5O2. The number of hydrogen-bond donors (Lipinski definition) is 3. The third-order valence-electron chi connectivity index (χ3n) is 1.43. The molecule has 0 aromatic rings. The first-order valence-corrected chi connectivity index (χ1v) is 3.21. The van der Waals surface area contributed by atoms with Gasteiger partial charge in [-0.05, 0) is 0 Å². The fourth-order valence-electron chi connectivity index (χ4n) is 0.969. The van der Waals surface area contributed by atoms with Crippen LogP contribution < -0.4 is 16.4 Å². The third-order valence-corrected chi connectivity index (χ3v) is 1.43. The predicted molar refractivity (Wildman–Crippen MR) is 39.5 cm³/mol. The molecule has 3 amide bonds. The van der Waals surface area contributed by atoms with Crippen LogP contribution in [0.15, 0.2) is 9.98 Å². The van der Waals surface area contributed by atoms with E-state index in [-0.39, 0.29) is 11.5 Å². The maximum atomic E-state index is 11.0. The van der Waals surface area contributed by atoms with Crippen LogP contribution in [-0.4, -0.2) is 29.8 Å². The number of hydrogen-bond acceptors (Lipinski definition) is 4. The van der Waals surface area contributed by atoms with Crippen molar-refractivity contribution < 1.29 is 9.59 Å². The molecule has 0 spiro atoms. The van der Waals surface area contributed by atoms with Crippen LogP contribution >= 0.6 is 0 Å². The van der Waals surface area contributed by atoms with Crippen molar-refractivity contribution in [3.05, 3.63) is 0 Å². The summed E-state index contributed by atoms with van der Waals surface area (Å²) in [6.07, 6.45) is -0.801. The highest BCUT2D eigenvalue weighted by Gasteiger charge is 2.31. The van der Waals surface area contributed by atoms with Crippen LogP contribution in [0.2, 0.25) is 0 Å². The van der Waals surface area contributed by atoms with Gasteiger partial charge in [0.15, 0.2) is 17.8 Å². The SMILES string of the molecule is N[C@H]1N=C2NC(=O)N=C2C(=O)N1. The molecule has 1 atom stereocenters. The number of nitrogens with two attached hydrogens (primary N) is 1. The number of urea groups is 1. The first-order valence-electron chi connectivity index (χ1n) is 3.21. The minimum Gasteiger partial charge on any atom is -0.316 e. The smallest absolute Gasteiger partial charge is 0.316 e. The predicted octanol–water partition coefficient (Wildman–Crippen LogP) is -2.08. The lowest BCUT2D eigenvalue weighted by atomic mass is 10.3. The summed E-state index contributed by atoms with van der Waals surface area (Å²) in [7, 11) is 0. The second-order valence-electron chi connectivity index (χ2n) is 2.29. The zero-order chi connectivity index (χ0) is 8.72. The molecule has 2 heterocycles. The van der Waals surface area contributed by atoms with Crippen molar-refractivity contribution in [1.29, 1.82) is 0 Å². The van der Waals surface area contributed by atoms with Gasteiger partial charge in [0.25, 0.3) is 5.91 Å². The lowest BCUT2D eigenvalue weighted by Crippen LogP contribution is -2.51. The van der Waals surface area contributed by atoms with Crippen molar-refractivity contribution >= 4 is 23.5 Å². The van der Waals surface area contributed by atoms with Crippen LogP contribution in [0.5, 0.6) is 0 Å². The van der Waals surface area contributed by atoms with Crippen molar-refractivity contribution in [3.63, 3.8) is 0 Å². The molecule has 0 bridgehead atoms. The Balaban J connectivity index is 2.44. The van der Waals surface area contributed by atoms with Crippen LogP contribution in [0, 0.1) is 0 Å². The number of fused-ring (bicyclic) bond motifs is 1. The molecule has 0 aromatic carbocycles. The van der Waals surface area contributed by atoms with Crippen LogP contribution in [0.25, 0.3) is 0 Å². The van der Waals surface area contributed by atoms with E-state index >= 15 is 0 Å². The Morgan fingerprint density at radius 3 is 2.92 bits per heavy atom. The third kappa shape index (κ3) is 0.873. The van der Waals surface area contributed by atoms with Crippen molar-refractivity contribution in [2.45, 2.75) is 6.29 Å². The summed E-state index contributed by atoms with van der Waals surface area (Å²) in [6.45, 7) is 0. The summed E-state index contributed by atoms with van der Waals surface area (Å²) in [5.74, 6) is -0.331. The maximum absolute atomic E-state index is 11.0. The molecular weight excluding hydrogens is 162 g/mol. The van der Waals surface area contributed by atoms with E-state index in [1.807, 2.05) is 0 Å². The molecule has 2 aliphatic rings. The van der Waals surface area contributed by atoms with Crippen LogP contribution in [0.4, 0.5) is 4.79 Å². The normalized spacial score (nSPS) is 26.9. The second-order valence-corrected chi connectivity index (χ2v) is 2.29. The van der Waals surface area contributed by atoms with Gasteiger partial charge in [0.1, 0.15) is 0 Å². The molecule has 62 valence electrons. The Bertz CT molecular complexity index is 331. The van der Waals surface area contributed by atoms with Gasteiger partial charge in [-0.2, -0.15) is 4.99 Å². The average molecular weight is 167 g/mol. The fourth-order valence-corrected chi connectivity index (χ4v) is 0.969. The van der Waals surface area contributed by atoms with E-state index in [4.69, 9.17) is 5.73 Å². The van der Waals surface area contributed by atoms with E-state index in [2.05, 4.69) is 20.6 Å². The molecule has 0 saturated carbocycles. The van der Waals surface area contributed by atoms with Gasteiger partial charge in [-0.1, -0.05) is 0 Å². The first kappa shape index (κ1) is 6.92. The van der Waals surface area contributed by atoms with E-state index in [1.165, 1.54) is 0 Å². The molecule has 0 radical (unpaired) electrons. The fraction of sp³-hybridized carbons (Fsp3) is 0.200. The minimum absolute atomic E-state index is 0.00157. The van der Waals surface area contributed by atoms with Crippen molar-refractivity contribution in [2.24, 2.45) is 15.7 Å². The maximum Gasteiger partial charge on any atom is 0.347 e. The number of nitrogens with one attached hydrogen (secondary N) is 2. The molecule has 2 rings (SSSR count). The molecule has 0 fully saturated rings. The first-order chi connectivity index (χ1) is 5.66. The Morgan fingerprint density at radius 1 is 1.42 bits per heavy atom. The Morgan fingerprint density at radius 2 is 2.17 bits per heavy atom. The summed E-state index contributed by atoms with van der Waals surface area (Å²) in [5.41, 5.74) is 5.30. The lowest BCUT2D eigenvalue weighted by molar-refractivity contribution is -0.115. The largest absolute Gasteiger partial charge is 0.347 e. The summed E-state index contributed by atoms with van der Waals surface area (Å²) >= 11 is 0. The van der Waals surface area contributed by atoms with Gasteiger partial charge < -0.3 is 5.32 Å². The number of nitrogens with zero attached hydrogens (tertiary/aromatic N) is 2. The summed E-state index contributed by atoms with van der Waals surface area (Å²) in [6, 6.07) is -0.590. The van der Waals surface area contributed by atoms with E-state index in [0.717, 1.165) is 0 Å². The standard InChI is InChI=1S/C5H5N5O2/c6-4-8-2-1(3(11)10-4)7-5(12)9-2/h4H,6H2,(H,10,11)(H,8,9,12)/t4-/m0/s1. The Hall–Kier alpha value is -1.76. The summed E-state index contributed by atoms with van der Waals surface area (Å²) in [5, 5.41) is 4.58. The van der Waals surface area contributed by atoms with E-state index in [9.17, 15) is 9.59 Å². The van der Waals surface area contributed by atoms with Gasteiger partial charge in [-0.15, -0.1) is 0 Å². The zero-order valence-electron chi connectivity index (χ0n) is 5.87. The molecule has 7 nitrogen and oxygen atoms in total. The van der Waals surface area contributed by atoms with Gasteiger partial charge in [0, 0.05) is 0 Å². The van der Waals surface area contributed by atoms with Gasteiger partial charge in [-0.25, -0.2) is 9.79 Å². The minimum atomic E-state index is -0.801. The molecule has 0 aliphatic carbocycles. The van der Waals surface area contributed by atoms with E-state index in [0.29, 0.717) is 0 Å². The quantitative estimate of drug-likeness (QED) is 0.385. The van der Waals surface area contributed by atoms with Crippen LogP contribution in [0.3, 0.4) is 0 Å². The Kier molecular flexibility index (Phi) is 1.22. The van der Waals surface area contributed by atoms with Gasteiger partial charge >= 0.3 is 6.03 Å². The molecule has 0 aromatic heterocycles. The van der Waals surface area contributed by atoms with Crippen molar-refractivity contribution in [1.82, 2.24) is 10.6 Å². The van der Waals surface area contributed by atoms with Gasteiger partial charge in [0.2, 0.25) is 0 Å². The monoisotopic (exact) mass is 167 g/mol. The van der Waals surface area contributed by atoms with Crippen molar-refractivity contribution in [2.75, 3.05) is 0 Å². The van der Waals surface area contributed by atoms with Crippen molar-refractivity contribution in [3.8, 4) is 0 Å². The highest BCUT2D eigenvalue weighted by molar-refractivity contribution is 6.70. The molecule has 7 heteroatoms. The van der Waals surface area contributed by atoms with Gasteiger partial charge in [0.05, 0.1) is 0 Å². The number of rotatable bonds is 0. The molecule has 12 heavy (non-hydrogen) atoms.